The number of thiocarbonyl (C=S) groups is 1. The molecule has 0 saturated carbocycles. The first-order valence-corrected chi connectivity index (χ1v) is 5.85. The highest BCUT2D eigenvalue weighted by Gasteiger charge is 2.26. The van der Waals surface area contributed by atoms with E-state index in [2.05, 4.69) is 5.32 Å². The molecule has 1 aliphatic rings. The lowest BCUT2D eigenvalue weighted by Gasteiger charge is -2.38. The topological polar surface area (TPSA) is 35.5 Å². The third-order valence-corrected chi connectivity index (χ3v) is 3.17. The Balaban J connectivity index is 2.01. The van der Waals surface area contributed by atoms with E-state index in [1.807, 2.05) is 30.0 Å². The molecule has 0 atom stereocenters. The molecule has 2 N–H and O–H groups in total. The van der Waals surface area contributed by atoms with Crippen LogP contribution in [0.25, 0.3) is 0 Å². The largest absolute Gasteiger partial charge is 0.389 e. The van der Waals surface area contributed by atoms with Crippen LogP contribution in [0.2, 0.25) is 5.02 Å². The zero-order valence-corrected chi connectivity index (χ0v) is 10.5. The first kappa shape index (κ1) is 11.6. The summed E-state index contributed by atoms with van der Waals surface area (Å²) in [7, 11) is 0. The number of nitrogens with one attached hydrogen (secondary N) is 1. The van der Waals surface area contributed by atoms with Gasteiger partial charge in [-0.05, 0) is 42.9 Å². The van der Waals surface area contributed by atoms with E-state index in [9.17, 15) is 5.11 Å². The van der Waals surface area contributed by atoms with Crippen molar-refractivity contribution < 1.29 is 5.11 Å². The van der Waals surface area contributed by atoms with Crippen LogP contribution in [0.3, 0.4) is 0 Å². The molecule has 0 amide bonds. The molecule has 0 aliphatic carbocycles. The molecule has 16 heavy (non-hydrogen) atoms. The lowest BCUT2D eigenvalue weighted by molar-refractivity contribution is 0.0482. The van der Waals surface area contributed by atoms with E-state index in [0.29, 0.717) is 23.2 Å². The number of hydrogen-bond donors (Lipinski definition) is 2. The number of rotatable bonds is 1. The van der Waals surface area contributed by atoms with Gasteiger partial charge in [-0.2, -0.15) is 0 Å². The molecule has 3 nitrogen and oxygen atoms in total. The number of hydrogen-bond acceptors (Lipinski definition) is 2. The van der Waals surface area contributed by atoms with Gasteiger partial charge in [0, 0.05) is 23.8 Å². The summed E-state index contributed by atoms with van der Waals surface area (Å²) in [4.78, 5) is 1.92. The van der Waals surface area contributed by atoms with Gasteiger partial charge in [-0.25, -0.2) is 0 Å². The molecule has 1 aromatic carbocycles. The second kappa shape index (κ2) is 4.57. The Bertz CT molecular complexity index is 418. The normalized spacial score (nSPS) is 15.8. The smallest absolute Gasteiger partial charge is 0.173 e. The van der Waals surface area contributed by atoms with Crippen molar-refractivity contribution in [3.05, 3.63) is 28.8 Å². The van der Waals surface area contributed by atoms with Gasteiger partial charge in [0.1, 0.15) is 0 Å². The summed E-state index contributed by atoms with van der Waals surface area (Å²) in [5.41, 5.74) is 2.01. The lowest BCUT2D eigenvalue weighted by atomic mass is 10.2. The van der Waals surface area contributed by atoms with E-state index in [1.165, 1.54) is 0 Å². The minimum Gasteiger partial charge on any atom is -0.389 e. The fourth-order valence-corrected chi connectivity index (χ4v) is 2.07. The Hall–Kier alpha value is -0.840. The molecule has 0 radical (unpaired) electrons. The number of aryl methyl sites for hydroxylation is 1. The zero-order chi connectivity index (χ0) is 11.7. The van der Waals surface area contributed by atoms with Gasteiger partial charge in [-0.15, -0.1) is 0 Å². The molecule has 1 heterocycles. The summed E-state index contributed by atoms with van der Waals surface area (Å²) in [6, 6.07) is 5.61. The van der Waals surface area contributed by atoms with E-state index in [0.717, 1.165) is 11.3 Å². The second-order valence-electron chi connectivity index (χ2n) is 3.95. The van der Waals surface area contributed by atoms with Gasteiger partial charge >= 0.3 is 0 Å². The van der Waals surface area contributed by atoms with Gasteiger partial charge in [0.2, 0.25) is 0 Å². The molecular weight excluding hydrogens is 244 g/mol. The summed E-state index contributed by atoms with van der Waals surface area (Å²) >= 11 is 11.1. The number of halogens is 1. The standard InChI is InChI=1S/C11H13ClN2OS/c1-7-4-8(12)2-3-10(7)13-11(16)14-5-9(15)6-14/h2-4,9,15H,5-6H2,1H3,(H,13,16). The highest BCUT2D eigenvalue weighted by atomic mass is 35.5. The van der Waals surface area contributed by atoms with Crippen LogP contribution in [0.1, 0.15) is 5.56 Å². The quantitative estimate of drug-likeness (QED) is 0.754. The predicted octanol–water partition coefficient (Wildman–Crippen LogP) is 2.02. The molecule has 1 aromatic rings. The van der Waals surface area contributed by atoms with Crippen LogP contribution in [0.4, 0.5) is 5.69 Å². The highest BCUT2D eigenvalue weighted by Crippen LogP contribution is 2.20. The average molecular weight is 257 g/mol. The molecule has 0 unspecified atom stereocenters. The Labute approximate surface area is 105 Å². The number of aliphatic hydroxyl groups is 1. The van der Waals surface area contributed by atoms with Crippen molar-refractivity contribution >= 4 is 34.6 Å². The Morgan fingerprint density at radius 3 is 2.81 bits per heavy atom. The monoisotopic (exact) mass is 256 g/mol. The predicted molar refractivity (Wildman–Crippen MR) is 70.0 cm³/mol. The lowest BCUT2D eigenvalue weighted by Crippen LogP contribution is -2.54. The number of anilines is 1. The van der Waals surface area contributed by atoms with Crippen LogP contribution in [0.5, 0.6) is 0 Å². The SMILES string of the molecule is Cc1cc(Cl)ccc1NC(=S)N1CC(O)C1. The van der Waals surface area contributed by atoms with Crippen molar-refractivity contribution in [1.29, 1.82) is 0 Å². The van der Waals surface area contributed by atoms with Crippen LogP contribution in [-0.2, 0) is 0 Å². The van der Waals surface area contributed by atoms with Crippen LogP contribution >= 0.6 is 23.8 Å². The molecule has 5 heteroatoms. The maximum absolute atomic E-state index is 9.18. The number of likely N-dealkylation sites (tertiary alicyclic amines) is 1. The molecule has 0 aromatic heterocycles. The van der Waals surface area contributed by atoms with Crippen LogP contribution < -0.4 is 5.32 Å². The summed E-state index contributed by atoms with van der Waals surface area (Å²) in [6.45, 7) is 3.19. The van der Waals surface area contributed by atoms with Gasteiger partial charge in [-0.1, -0.05) is 11.6 Å². The number of nitrogens with zero attached hydrogens (tertiary/aromatic N) is 1. The molecule has 0 spiro atoms. The van der Waals surface area contributed by atoms with Gasteiger partial charge in [0.15, 0.2) is 5.11 Å². The Kier molecular flexibility index (Phi) is 3.33. The van der Waals surface area contributed by atoms with Crippen molar-refractivity contribution in [3.63, 3.8) is 0 Å². The van der Waals surface area contributed by atoms with Crippen LogP contribution in [0, 0.1) is 6.92 Å². The van der Waals surface area contributed by atoms with Crippen LogP contribution in [0.15, 0.2) is 18.2 Å². The molecule has 1 fully saturated rings. The highest BCUT2D eigenvalue weighted by molar-refractivity contribution is 7.80. The molecule has 1 aliphatic heterocycles. The van der Waals surface area contributed by atoms with Gasteiger partial charge in [0.05, 0.1) is 6.10 Å². The van der Waals surface area contributed by atoms with Crippen LogP contribution in [-0.4, -0.2) is 34.3 Å². The van der Waals surface area contributed by atoms with E-state index in [1.54, 1.807) is 0 Å². The minimum absolute atomic E-state index is 0.244. The minimum atomic E-state index is -0.244. The number of β-amino-alcohol motifs (C(OH)–C–C–N with tert-alkyl or cyclic N) is 1. The van der Waals surface area contributed by atoms with Crippen molar-refractivity contribution in [2.75, 3.05) is 18.4 Å². The summed E-state index contributed by atoms with van der Waals surface area (Å²) < 4.78 is 0. The maximum Gasteiger partial charge on any atom is 0.173 e. The molecule has 2 rings (SSSR count). The fourth-order valence-electron chi connectivity index (χ4n) is 1.58. The third-order valence-electron chi connectivity index (χ3n) is 2.58. The number of aliphatic hydroxyl groups excluding tert-OH is 1. The van der Waals surface area contributed by atoms with Crippen molar-refractivity contribution in [2.24, 2.45) is 0 Å². The zero-order valence-electron chi connectivity index (χ0n) is 8.90. The summed E-state index contributed by atoms with van der Waals surface area (Å²) in [5, 5.41) is 13.7. The summed E-state index contributed by atoms with van der Waals surface area (Å²) in [5.74, 6) is 0. The maximum atomic E-state index is 9.18. The van der Waals surface area contributed by atoms with Gasteiger partial charge in [0.25, 0.3) is 0 Å². The van der Waals surface area contributed by atoms with E-state index in [-0.39, 0.29) is 6.10 Å². The van der Waals surface area contributed by atoms with E-state index in [4.69, 9.17) is 23.8 Å². The van der Waals surface area contributed by atoms with E-state index >= 15 is 0 Å². The Morgan fingerprint density at radius 1 is 1.56 bits per heavy atom. The molecule has 0 bridgehead atoms. The Morgan fingerprint density at radius 2 is 2.25 bits per heavy atom. The third kappa shape index (κ3) is 2.45. The first-order chi connectivity index (χ1) is 7.56. The molecule has 1 saturated heterocycles. The van der Waals surface area contributed by atoms with Crippen molar-refractivity contribution in [2.45, 2.75) is 13.0 Å². The van der Waals surface area contributed by atoms with Crippen molar-refractivity contribution in [1.82, 2.24) is 4.90 Å². The van der Waals surface area contributed by atoms with E-state index < -0.39 is 0 Å². The molecule has 86 valence electrons. The summed E-state index contributed by atoms with van der Waals surface area (Å²) in [6.07, 6.45) is -0.244. The average Bonchev–Trinajstić information content (AvgIpc) is 2.17. The fraction of sp³-hybridized carbons (Fsp3) is 0.364. The number of benzene rings is 1. The van der Waals surface area contributed by atoms with Crippen molar-refractivity contribution in [3.8, 4) is 0 Å². The first-order valence-electron chi connectivity index (χ1n) is 5.06. The van der Waals surface area contributed by atoms with Gasteiger partial charge < -0.3 is 15.3 Å². The molecular formula is C11H13ClN2OS. The second-order valence-corrected chi connectivity index (χ2v) is 4.77. The van der Waals surface area contributed by atoms with Gasteiger partial charge in [-0.3, -0.25) is 0 Å².